The number of nitrogens with one attached hydrogen (secondary N) is 1. The molecule has 140 valence electrons. The SMILES string of the molecule is CC(C)c1cccc(C(C)C)c1NC(=O)Cn1nccc1-c1ccncc1. The fourth-order valence-corrected chi connectivity index (χ4v) is 3.24. The lowest BCUT2D eigenvalue weighted by Gasteiger charge is -2.20. The Labute approximate surface area is 160 Å². The molecule has 0 aliphatic rings. The summed E-state index contributed by atoms with van der Waals surface area (Å²) in [5, 5.41) is 7.47. The van der Waals surface area contributed by atoms with E-state index in [0.717, 1.165) is 28.1 Å². The molecule has 0 aliphatic heterocycles. The van der Waals surface area contributed by atoms with E-state index in [2.05, 4.69) is 61.3 Å². The second kappa shape index (κ2) is 8.16. The number of pyridine rings is 1. The predicted octanol–water partition coefficient (Wildman–Crippen LogP) is 4.83. The Morgan fingerprint density at radius 3 is 2.19 bits per heavy atom. The van der Waals surface area contributed by atoms with Crippen molar-refractivity contribution in [2.24, 2.45) is 0 Å². The molecule has 1 aromatic carbocycles. The molecule has 2 heterocycles. The molecule has 3 rings (SSSR count). The molecule has 0 bridgehead atoms. The quantitative estimate of drug-likeness (QED) is 0.683. The highest BCUT2D eigenvalue weighted by molar-refractivity contribution is 5.92. The summed E-state index contributed by atoms with van der Waals surface area (Å²) in [6, 6.07) is 12.0. The van der Waals surface area contributed by atoms with Crippen LogP contribution in [0.4, 0.5) is 5.69 Å². The first-order chi connectivity index (χ1) is 13.0. The molecule has 0 saturated heterocycles. The highest BCUT2D eigenvalue weighted by Crippen LogP contribution is 2.32. The molecule has 27 heavy (non-hydrogen) atoms. The summed E-state index contributed by atoms with van der Waals surface area (Å²) in [4.78, 5) is 16.9. The molecule has 0 unspecified atom stereocenters. The molecular weight excluding hydrogens is 336 g/mol. The highest BCUT2D eigenvalue weighted by Gasteiger charge is 2.17. The maximum Gasteiger partial charge on any atom is 0.246 e. The summed E-state index contributed by atoms with van der Waals surface area (Å²) in [5.74, 6) is 0.580. The Morgan fingerprint density at radius 1 is 0.963 bits per heavy atom. The van der Waals surface area contributed by atoms with E-state index < -0.39 is 0 Å². The van der Waals surface area contributed by atoms with E-state index in [1.807, 2.05) is 18.2 Å². The monoisotopic (exact) mass is 362 g/mol. The van der Waals surface area contributed by atoms with Gasteiger partial charge in [0.25, 0.3) is 0 Å². The summed E-state index contributed by atoms with van der Waals surface area (Å²) >= 11 is 0. The van der Waals surface area contributed by atoms with Crippen LogP contribution in [-0.2, 0) is 11.3 Å². The van der Waals surface area contributed by atoms with Crippen LogP contribution in [0.15, 0.2) is 55.0 Å². The number of anilines is 1. The highest BCUT2D eigenvalue weighted by atomic mass is 16.2. The van der Waals surface area contributed by atoms with Gasteiger partial charge in [-0.2, -0.15) is 5.10 Å². The van der Waals surface area contributed by atoms with Crippen LogP contribution in [-0.4, -0.2) is 20.7 Å². The van der Waals surface area contributed by atoms with E-state index in [0.29, 0.717) is 11.8 Å². The molecule has 0 aliphatic carbocycles. The Kier molecular flexibility index (Phi) is 5.69. The third-order valence-electron chi connectivity index (χ3n) is 4.62. The van der Waals surface area contributed by atoms with Gasteiger partial charge in [0.2, 0.25) is 5.91 Å². The molecule has 0 fully saturated rings. The van der Waals surface area contributed by atoms with E-state index in [1.165, 1.54) is 0 Å². The lowest BCUT2D eigenvalue weighted by molar-refractivity contribution is -0.116. The van der Waals surface area contributed by atoms with Gasteiger partial charge < -0.3 is 5.32 Å². The molecule has 0 atom stereocenters. The van der Waals surface area contributed by atoms with Crippen LogP contribution in [0, 0.1) is 0 Å². The number of amides is 1. The fraction of sp³-hybridized carbons (Fsp3) is 0.318. The lowest BCUT2D eigenvalue weighted by Crippen LogP contribution is -2.22. The zero-order chi connectivity index (χ0) is 19.4. The molecule has 5 nitrogen and oxygen atoms in total. The first-order valence-electron chi connectivity index (χ1n) is 9.32. The van der Waals surface area contributed by atoms with Gasteiger partial charge in [0, 0.05) is 29.8 Å². The Bertz CT molecular complexity index is 887. The second-order valence-corrected chi connectivity index (χ2v) is 7.28. The number of hydrogen-bond donors (Lipinski definition) is 1. The minimum absolute atomic E-state index is 0.0796. The van der Waals surface area contributed by atoms with Gasteiger partial charge in [-0.05, 0) is 41.2 Å². The maximum atomic E-state index is 12.8. The van der Waals surface area contributed by atoms with Crippen LogP contribution in [0.1, 0.15) is 50.7 Å². The molecule has 1 amide bonds. The van der Waals surface area contributed by atoms with Crippen LogP contribution in [0.25, 0.3) is 11.3 Å². The zero-order valence-corrected chi connectivity index (χ0v) is 16.3. The minimum atomic E-state index is -0.0796. The molecule has 0 spiro atoms. The average Bonchev–Trinajstić information content (AvgIpc) is 3.10. The first-order valence-corrected chi connectivity index (χ1v) is 9.32. The Morgan fingerprint density at radius 2 is 1.59 bits per heavy atom. The lowest BCUT2D eigenvalue weighted by atomic mass is 9.92. The molecule has 5 heteroatoms. The van der Waals surface area contributed by atoms with Crippen molar-refractivity contribution in [2.45, 2.75) is 46.1 Å². The second-order valence-electron chi connectivity index (χ2n) is 7.28. The van der Waals surface area contributed by atoms with Crippen molar-refractivity contribution in [3.8, 4) is 11.3 Å². The van der Waals surface area contributed by atoms with Crippen molar-refractivity contribution in [2.75, 3.05) is 5.32 Å². The summed E-state index contributed by atoms with van der Waals surface area (Å²) in [6.45, 7) is 8.73. The number of nitrogens with zero attached hydrogens (tertiary/aromatic N) is 3. The van der Waals surface area contributed by atoms with Crippen LogP contribution >= 0.6 is 0 Å². The number of para-hydroxylation sites is 1. The third-order valence-corrected chi connectivity index (χ3v) is 4.62. The van der Waals surface area contributed by atoms with E-state index in [9.17, 15) is 4.79 Å². The van der Waals surface area contributed by atoms with Gasteiger partial charge >= 0.3 is 0 Å². The van der Waals surface area contributed by atoms with Crippen molar-refractivity contribution in [3.05, 3.63) is 66.1 Å². The zero-order valence-electron chi connectivity index (χ0n) is 16.3. The summed E-state index contributed by atoms with van der Waals surface area (Å²) in [6.07, 6.45) is 5.19. The predicted molar refractivity (Wildman–Crippen MR) is 109 cm³/mol. The van der Waals surface area contributed by atoms with Crippen LogP contribution in [0.2, 0.25) is 0 Å². The fourth-order valence-electron chi connectivity index (χ4n) is 3.24. The number of hydrogen-bond acceptors (Lipinski definition) is 3. The molecule has 3 aromatic rings. The summed E-state index contributed by atoms with van der Waals surface area (Å²) < 4.78 is 1.72. The number of rotatable bonds is 6. The van der Waals surface area contributed by atoms with Gasteiger partial charge in [0.05, 0.1) is 5.69 Å². The smallest absolute Gasteiger partial charge is 0.246 e. The minimum Gasteiger partial charge on any atom is -0.324 e. The standard InChI is InChI=1S/C22H26N4O/c1-15(2)18-6-5-7-19(16(3)4)22(18)25-21(27)14-26-20(10-13-24-26)17-8-11-23-12-9-17/h5-13,15-16H,14H2,1-4H3,(H,25,27). The summed E-state index contributed by atoms with van der Waals surface area (Å²) in [5.41, 5.74) is 5.13. The van der Waals surface area contributed by atoms with Crippen LogP contribution in [0.3, 0.4) is 0 Å². The topological polar surface area (TPSA) is 59.8 Å². The number of aromatic nitrogens is 3. The van der Waals surface area contributed by atoms with Crippen molar-refractivity contribution < 1.29 is 4.79 Å². The first kappa shape index (κ1) is 18.8. The number of carbonyl (C=O) groups excluding carboxylic acids is 1. The largest absolute Gasteiger partial charge is 0.324 e. The normalized spacial score (nSPS) is 11.2. The molecule has 2 aromatic heterocycles. The van der Waals surface area contributed by atoms with Crippen molar-refractivity contribution in [3.63, 3.8) is 0 Å². The van der Waals surface area contributed by atoms with Gasteiger partial charge in [0.1, 0.15) is 6.54 Å². The molecular formula is C22H26N4O. The third kappa shape index (κ3) is 4.25. The molecule has 0 radical (unpaired) electrons. The van der Waals surface area contributed by atoms with E-state index in [-0.39, 0.29) is 12.5 Å². The van der Waals surface area contributed by atoms with E-state index in [4.69, 9.17) is 0 Å². The number of carbonyl (C=O) groups is 1. The Balaban J connectivity index is 1.85. The van der Waals surface area contributed by atoms with Crippen molar-refractivity contribution in [1.82, 2.24) is 14.8 Å². The van der Waals surface area contributed by atoms with Crippen LogP contribution < -0.4 is 5.32 Å². The van der Waals surface area contributed by atoms with Gasteiger partial charge in [-0.3, -0.25) is 14.5 Å². The van der Waals surface area contributed by atoms with Gasteiger partial charge in [-0.15, -0.1) is 0 Å². The van der Waals surface area contributed by atoms with Crippen molar-refractivity contribution in [1.29, 1.82) is 0 Å². The van der Waals surface area contributed by atoms with Gasteiger partial charge in [0.15, 0.2) is 0 Å². The van der Waals surface area contributed by atoms with Crippen molar-refractivity contribution >= 4 is 11.6 Å². The van der Waals surface area contributed by atoms with Gasteiger partial charge in [-0.1, -0.05) is 45.9 Å². The Hall–Kier alpha value is -2.95. The van der Waals surface area contributed by atoms with E-state index >= 15 is 0 Å². The number of benzene rings is 1. The maximum absolute atomic E-state index is 12.8. The van der Waals surface area contributed by atoms with E-state index in [1.54, 1.807) is 23.3 Å². The summed E-state index contributed by atoms with van der Waals surface area (Å²) in [7, 11) is 0. The van der Waals surface area contributed by atoms with Gasteiger partial charge in [-0.25, -0.2) is 0 Å². The van der Waals surface area contributed by atoms with Crippen LogP contribution in [0.5, 0.6) is 0 Å². The molecule has 0 saturated carbocycles. The molecule has 1 N–H and O–H groups in total. The average molecular weight is 362 g/mol.